The first kappa shape index (κ1) is 14.4. The Bertz CT molecular complexity index is 393. The average Bonchev–Trinajstić information content (AvgIpc) is 2.41. The number of rotatable bonds is 4. The van der Waals surface area contributed by atoms with Crippen molar-refractivity contribution in [3.63, 3.8) is 0 Å². The second kappa shape index (κ2) is 6.46. The van der Waals surface area contributed by atoms with Crippen LogP contribution in [0, 0.1) is 5.82 Å². The molecule has 19 heavy (non-hydrogen) atoms. The molecule has 0 radical (unpaired) electrons. The van der Waals surface area contributed by atoms with Gasteiger partial charge in [-0.25, -0.2) is 4.39 Å². The molecule has 2 N–H and O–H groups in total. The van der Waals surface area contributed by atoms with Gasteiger partial charge in [-0.1, -0.05) is 12.1 Å². The first-order valence-electron chi connectivity index (χ1n) is 6.98. The highest BCUT2D eigenvalue weighted by molar-refractivity contribution is 5.20. The Balaban J connectivity index is 2.09. The van der Waals surface area contributed by atoms with E-state index in [-0.39, 0.29) is 11.9 Å². The molecule has 0 saturated carbocycles. The van der Waals surface area contributed by atoms with E-state index in [0.29, 0.717) is 12.6 Å². The quantitative estimate of drug-likeness (QED) is 0.902. The van der Waals surface area contributed by atoms with Gasteiger partial charge >= 0.3 is 0 Å². The molecule has 1 aliphatic rings. The van der Waals surface area contributed by atoms with Crippen molar-refractivity contribution in [2.75, 3.05) is 33.7 Å². The maximum absolute atomic E-state index is 13.0. The number of likely N-dealkylation sites (tertiary alicyclic amines) is 1. The highest BCUT2D eigenvalue weighted by atomic mass is 19.1. The van der Waals surface area contributed by atoms with Crippen LogP contribution >= 0.6 is 0 Å². The summed E-state index contributed by atoms with van der Waals surface area (Å²) in [5, 5.41) is 0. The predicted octanol–water partition coefficient (Wildman–Crippen LogP) is 1.85. The molecule has 1 aliphatic heterocycles. The van der Waals surface area contributed by atoms with E-state index in [9.17, 15) is 4.39 Å². The van der Waals surface area contributed by atoms with Crippen molar-refractivity contribution in [3.05, 3.63) is 35.6 Å². The molecule has 4 heteroatoms. The maximum Gasteiger partial charge on any atom is 0.123 e. The van der Waals surface area contributed by atoms with Gasteiger partial charge in [-0.3, -0.25) is 4.90 Å². The van der Waals surface area contributed by atoms with E-state index < -0.39 is 0 Å². The Morgan fingerprint density at radius 3 is 2.68 bits per heavy atom. The second-order valence-corrected chi connectivity index (χ2v) is 5.53. The zero-order valence-corrected chi connectivity index (χ0v) is 11.8. The molecule has 1 aromatic rings. The van der Waals surface area contributed by atoms with E-state index in [2.05, 4.69) is 23.9 Å². The van der Waals surface area contributed by atoms with Crippen molar-refractivity contribution < 1.29 is 4.39 Å². The van der Waals surface area contributed by atoms with Crippen LogP contribution in [0.5, 0.6) is 0 Å². The zero-order chi connectivity index (χ0) is 13.8. The van der Waals surface area contributed by atoms with Crippen LogP contribution in [0.3, 0.4) is 0 Å². The Labute approximate surface area is 115 Å². The molecule has 0 aliphatic carbocycles. The fraction of sp³-hybridized carbons (Fsp3) is 0.600. The minimum absolute atomic E-state index is 0.164. The Morgan fingerprint density at radius 2 is 2.11 bits per heavy atom. The molecule has 1 saturated heterocycles. The van der Waals surface area contributed by atoms with Gasteiger partial charge in [0.15, 0.2) is 0 Å². The molecule has 0 spiro atoms. The molecule has 106 valence electrons. The van der Waals surface area contributed by atoms with Crippen molar-refractivity contribution in [1.82, 2.24) is 9.80 Å². The third-order valence-electron chi connectivity index (χ3n) is 4.15. The van der Waals surface area contributed by atoms with Crippen molar-refractivity contribution in [2.45, 2.75) is 24.9 Å². The lowest BCUT2D eigenvalue weighted by molar-refractivity contribution is 0.101. The average molecular weight is 265 g/mol. The summed E-state index contributed by atoms with van der Waals surface area (Å²) in [7, 11) is 4.29. The summed E-state index contributed by atoms with van der Waals surface area (Å²) in [6.07, 6.45) is 2.44. The fourth-order valence-electron chi connectivity index (χ4n) is 2.95. The first-order chi connectivity index (χ1) is 9.11. The highest BCUT2D eigenvalue weighted by Crippen LogP contribution is 2.24. The van der Waals surface area contributed by atoms with Crippen LogP contribution in [0.25, 0.3) is 0 Å². The second-order valence-electron chi connectivity index (χ2n) is 5.53. The SMILES string of the molecule is CN1CCCC(N(C)C(CN)c2ccc(F)cc2)C1. The van der Waals surface area contributed by atoms with E-state index in [0.717, 1.165) is 12.1 Å². The summed E-state index contributed by atoms with van der Waals surface area (Å²) in [4.78, 5) is 4.71. The number of benzene rings is 1. The largest absolute Gasteiger partial charge is 0.329 e. The fourth-order valence-corrected chi connectivity index (χ4v) is 2.95. The molecule has 0 aromatic heterocycles. The van der Waals surface area contributed by atoms with Crippen LogP contribution in [-0.4, -0.2) is 49.6 Å². The Hall–Kier alpha value is -0.970. The molecular formula is C15H24FN3. The number of piperidine rings is 1. The van der Waals surface area contributed by atoms with Gasteiger partial charge in [0.2, 0.25) is 0 Å². The van der Waals surface area contributed by atoms with Gasteiger partial charge in [-0.15, -0.1) is 0 Å². The minimum Gasteiger partial charge on any atom is -0.329 e. The summed E-state index contributed by atoms with van der Waals surface area (Å²) < 4.78 is 13.0. The van der Waals surface area contributed by atoms with Crippen LogP contribution < -0.4 is 5.73 Å². The molecule has 1 heterocycles. The van der Waals surface area contributed by atoms with Crippen LogP contribution in [0.4, 0.5) is 4.39 Å². The standard InChI is InChI=1S/C15H24FN3/c1-18-9-3-4-14(11-18)19(2)15(10-17)12-5-7-13(16)8-6-12/h5-8,14-15H,3-4,9-11,17H2,1-2H3. The van der Waals surface area contributed by atoms with Crippen molar-refractivity contribution in [3.8, 4) is 0 Å². The van der Waals surface area contributed by atoms with E-state index in [1.54, 1.807) is 0 Å². The Kier molecular flexibility index (Phi) is 4.91. The zero-order valence-electron chi connectivity index (χ0n) is 11.8. The van der Waals surface area contributed by atoms with Crippen molar-refractivity contribution >= 4 is 0 Å². The van der Waals surface area contributed by atoms with Gasteiger partial charge in [0.05, 0.1) is 0 Å². The van der Waals surface area contributed by atoms with Gasteiger partial charge < -0.3 is 10.6 Å². The molecule has 3 nitrogen and oxygen atoms in total. The lowest BCUT2D eigenvalue weighted by Gasteiger charge is -2.40. The number of hydrogen-bond donors (Lipinski definition) is 1. The summed E-state index contributed by atoms with van der Waals surface area (Å²) in [6.45, 7) is 2.81. The predicted molar refractivity (Wildman–Crippen MR) is 76.5 cm³/mol. The minimum atomic E-state index is -0.195. The monoisotopic (exact) mass is 265 g/mol. The van der Waals surface area contributed by atoms with Crippen LogP contribution in [0.1, 0.15) is 24.4 Å². The lowest BCUT2D eigenvalue weighted by Crippen LogP contribution is -2.47. The molecule has 0 amide bonds. The van der Waals surface area contributed by atoms with Gasteiger partial charge in [-0.2, -0.15) is 0 Å². The molecular weight excluding hydrogens is 241 g/mol. The molecule has 0 bridgehead atoms. The van der Waals surface area contributed by atoms with Crippen LogP contribution in [-0.2, 0) is 0 Å². The van der Waals surface area contributed by atoms with Crippen molar-refractivity contribution in [2.24, 2.45) is 5.73 Å². The third kappa shape index (κ3) is 3.53. The topological polar surface area (TPSA) is 32.5 Å². The highest BCUT2D eigenvalue weighted by Gasteiger charge is 2.26. The summed E-state index contributed by atoms with van der Waals surface area (Å²) >= 11 is 0. The summed E-state index contributed by atoms with van der Waals surface area (Å²) in [5.74, 6) is -0.195. The van der Waals surface area contributed by atoms with Crippen LogP contribution in [0.15, 0.2) is 24.3 Å². The normalized spacial score (nSPS) is 22.7. The van der Waals surface area contributed by atoms with Gasteiger partial charge in [0.1, 0.15) is 5.82 Å². The maximum atomic E-state index is 13.0. The molecule has 1 fully saturated rings. The van der Waals surface area contributed by atoms with E-state index >= 15 is 0 Å². The lowest BCUT2D eigenvalue weighted by atomic mass is 9.99. The van der Waals surface area contributed by atoms with Crippen molar-refractivity contribution in [1.29, 1.82) is 0 Å². The Morgan fingerprint density at radius 1 is 1.42 bits per heavy atom. The van der Waals surface area contributed by atoms with E-state index in [1.165, 1.54) is 31.5 Å². The summed E-state index contributed by atoms with van der Waals surface area (Å²) in [6, 6.07) is 7.40. The molecule has 2 unspecified atom stereocenters. The third-order valence-corrected chi connectivity index (χ3v) is 4.15. The number of likely N-dealkylation sites (N-methyl/N-ethyl adjacent to an activating group) is 2. The number of nitrogens with two attached hydrogens (primary N) is 1. The first-order valence-corrected chi connectivity index (χ1v) is 6.98. The molecule has 1 aromatic carbocycles. The van der Waals surface area contributed by atoms with Gasteiger partial charge in [0.25, 0.3) is 0 Å². The van der Waals surface area contributed by atoms with Gasteiger partial charge in [0, 0.05) is 25.2 Å². The van der Waals surface area contributed by atoms with E-state index in [1.807, 2.05) is 12.1 Å². The van der Waals surface area contributed by atoms with Gasteiger partial charge in [-0.05, 0) is 51.2 Å². The number of nitrogens with zero attached hydrogens (tertiary/aromatic N) is 2. The molecule has 2 atom stereocenters. The number of halogens is 1. The molecule has 2 rings (SSSR count). The smallest absolute Gasteiger partial charge is 0.123 e. The van der Waals surface area contributed by atoms with Crippen LogP contribution in [0.2, 0.25) is 0 Å². The van der Waals surface area contributed by atoms with E-state index in [4.69, 9.17) is 5.73 Å². The summed E-state index contributed by atoms with van der Waals surface area (Å²) in [5.41, 5.74) is 7.03. The number of hydrogen-bond acceptors (Lipinski definition) is 3.